The Bertz CT molecular complexity index is 2230. The smallest absolute Gasteiger partial charge is 0.434 e. The summed E-state index contributed by atoms with van der Waals surface area (Å²) in [7, 11) is 0. The van der Waals surface area contributed by atoms with Crippen molar-refractivity contribution in [3.63, 3.8) is 0 Å². The Kier molecular flexibility index (Phi) is 12.2. The SMILES string of the molecule is O=C(O)C[C@@H]1[C@@H](Cc2n[nH]c(=O)o2)[C@@H](C(=O)N(Cc2ccc(Oc3ccccc3)cc2)C2CCCC2)[C@@H]1C(=O)N(Cc1ccc(Oc2ccccc2)cc1)C1CCCC1. The monoisotopic (exact) mass is 798 g/mol. The first kappa shape index (κ1) is 39.6. The van der Waals surface area contributed by atoms with Crippen molar-refractivity contribution in [3.8, 4) is 23.0 Å². The number of H-pyrrole nitrogens is 1. The molecule has 0 saturated heterocycles. The van der Waals surface area contributed by atoms with Gasteiger partial charge in [0.1, 0.15) is 23.0 Å². The standard InChI is InChI=1S/C47H50N4O8/c52-42(53)28-40-39(27-41-48-49-47(56)59-41)43(45(54)50(33-11-7-8-12-33)29-31-19-23-37(24-20-31)57-35-15-3-1-4-16-35)44(40)46(55)51(34-13-9-10-14-34)30-32-21-25-38(26-22-32)58-36-17-5-2-6-18-36/h1-6,15-26,33-34,39-40,43-44H,7-14,27-30H2,(H,49,56)(H,52,53)/t39-,40-,43-,44-/m1/s1. The van der Waals surface area contributed by atoms with Crippen molar-refractivity contribution in [1.29, 1.82) is 0 Å². The molecule has 1 heterocycles. The minimum absolute atomic E-state index is 0.0384. The van der Waals surface area contributed by atoms with Gasteiger partial charge in [0.2, 0.25) is 17.7 Å². The highest BCUT2D eigenvalue weighted by Crippen LogP contribution is 2.52. The number of benzene rings is 4. The summed E-state index contributed by atoms with van der Waals surface area (Å²) in [6, 6.07) is 34.3. The third kappa shape index (κ3) is 9.43. The summed E-state index contributed by atoms with van der Waals surface area (Å²) in [5, 5.41) is 16.6. The highest BCUT2D eigenvalue weighted by molar-refractivity contribution is 5.91. The van der Waals surface area contributed by atoms with Crippen LogP contribution < -0.4 is 15.2 Å². The van der Waals surface area contributed by atoms with E-state index in [1.807, 2.05) is 119 Å². The van der Waals surface area contributed by atoms with Crippen molar-refractivity contribution in [2.75, 3.05) is 0 Å². The van der Waals surface area contributed by atoms with Gasteiger partial charge in [0, 0.05) is 38.0 Å². The van der Waals surface area contributed by atoms with Gasteiger partial charge in [0.25, 0.3) is 0 Å². The average molecular weight is 799 g/mol. The summed E-state index contributed by atoms with van der Waals surface area (Å²) < 4.78 is 17.4. The molecule has 5 aromatic rings. The van der Waals surface area contributed by atoms with Crippen molar-refractivity contribution in [3.05, 3.63) is 137 Å². The molecule has 3 saturated carbocycles. The highest BCUT2D eigenvalue weighted by Gasteiger charge is 2.60. The quantitative estimate of drug-likeness (QED) is 0.100. The first-order chi connectivity index (χ1) is 28.8. The van der Waals surface area contributed by atoms with Crippen LogP contribution in [-0.4, -0.2) is 55.0 Å². The molecule has 4 atom stereocenters. The van der Waals surface area contributed by atoms with Gasteiger partial charge in [-0.1, -0.05) is 86.3 Å². The number of ether oxygens (including phenoxy) is 2. The predicted molar refractivity (Wildman–Crippen MR) is 219 cm³/mol. The van der Waals surface area contributed by atoms with Crippen LogP contribution in [0.25, 0.3) is 0 Å². The molecule has 12 nitrogen and oxygen atoms in total. The van der Waals surface area contributed by atoms with Crippen LogP contribution in [0.15, 0.2) is 118 Å². The maximum Gasteiger partial charge on any atom is 0.434 e. The van der Waals surface area contributed by atoms with E-state index in [1.165, 1.54) is 0 Å². The maximum atomic E-state index is 15.3. The molecular formula is C47H50N4O8. The van der Waals surface area contributed by atoms with E-state index in [2.05, 4.69) is 10.2 Å². The number of hydrogen-bond donors (Lipinski definition) is 2. The number of carbonyl (C=O) groups excluding carboxylic acids is 2. The Balaban J connectivity index is 1.10. The molecule has 12 heteroatoms. The van der Waals surface area contributed by atoms with Gasteiger partial charge in [-0.3, -0.25) is 14.4 Å². The minimum Gasteiger partial charge on any atom is -0.481 e. The predicted octanol–water partition coefficient (Wildman–Crippen LogP) is 8.39. The van der Waals surface area contributed by atoms with E-state index < -0.39 is 35.4 Å². The van der Waals surface area contributed by atoms with E-state index in [-0.39, 0.29) is 42.6 Å². The third-order valence-corrected chi connectivity index (χ3v) is 12.3. The Morgan fingerprint density at radius 1 is 0.627 bits per heavy atom. The number of aromatic nitrogens is 2. The van der Waals surface area contributed by atoms with Crippen molar-refractivity contribution in [1.82, 2.24) is 20.0 Å². The molecular weight excluding hydrogens is 749 g/mol. The number of carbonyl (C=O) groups is 3. The summed E-state index contributed by atoms with van der Waals surface area (Å²) in [6.07, 6.45) is 7.00. The number of hydrogen-bond acceptors (Lipinski definition) is 8. The molecule has 59 heavy (non-hydrogen) atoms. The van der Waals surface area contributed by atoms with E-state index >= 15 is 9.59 Å². The molecule has 3 aliphatic rings. The average Bonchev–Trinajstić information content (AvgIpc) is 4.06. The second-order valence-electron chi connectivity index (χ2n) is 16.1. The number of carboxylic acids is 1. The van der Waals surface area contributed by atoms with Crippen LogP contribution in [-0.2, 0) is 33.9 Å². The lowest BCUT2D eigenvalue weighted by Gasteiger charge is -2.53. The van der Waals surface area contributed by atoms with Gasteiger partial charge >= 0.3 is 11.7 Å². The summed E-state index contributed by atoms with van der Waals surface area (Å²) in [5.41, 5.74) is 1.82. The van der Waals surface area contributed by atoms with Crippen molar-refractivity contribution in [2.45, 2.75) is 89.4 Å². The topological polar surface area (TPSA) is 155 Å². The number of carboxylic acid groups (broad SMARTS) is 1. The van der Waals surface area contributed by atoms with E-state index in [1.54, 1.807) is 0 Å². The van der Waals surface area contributed by atoms with Gasteiger partial charge in [-0.05, 0) is 97.2 Å². The fraction of sp³-hybridized carbons (Fsp3) is 0.383. The van der Waals surface area contributed by atoms with Gasteiger partial charge in [-0.15, -0.1) is 5.10 Å². The molecule has 2 amide bonds. The maximum absolute atomic E-state index is 15.3. The third-order valence-electron chi connectivity index (χ3n) is 12.3. The zero-order valence-corrected chi connectivity index (χ0v) is 33.0. The van der Waals surface area contributed by atoms with Crippen LogP contribution in [0.2, 0.25) is 0 Å². The molecule has 306 valence electrons. The molecule has 0 aliphatic heterocycles. The van der Waals surface area contributed by atoms with Crippen LogP contribution in [0.4, 0.5) is 0 Å². The Morgan fingerprint density at radius 2 is 1.05 bits per heavy atom. The van der Waals surface area contributed by atoms with Crippen LogP contribution in [0.5, 0.6) is 23.0 Å². The Labute approximate surface area is 343 Å². The molecule has 1 aromatic heterocycles. The number of para-hydroxylation sites is 2. The van der Waals surface area contributed by atoms with E-state index in [0.717, 1.165) is 74.0 Å². The van der Waals surface area contributed by atoms with Crippen molar-refractivity contribution < 1.29 is 33.4 Å². The van der Waals surface area contributed by atoms with Crippen LogP contribution in [0.1, 0.15) is 74.8 Å². The molecule has 0 bridgehead atoms. The zero-order valence-electron chi connectivity index (χ0n) is 33.0. The second kappa shape index (κ2) is 18.2. The molecule has 0 spiro atoms. The molecule has 0 unspecified atom stereocenters. The van der Waals surface area contributed by atoms with Crippen LogP contribution >= 0.6 is 0 Å². The second-order valence-corrected chi connectivity index (χ2v) is 16.1. The number of nitrogens with zero attached hydrogens (tertiary/aromatic N) is 3. The van der Waals surface area contributed by atoms with Crippen LogP contribution in [0.3, 0.4) is 0 Å². The first-order valence-corrected chi connectivity index (χ1v) is 20.8. The number of nitrogens with one attached hydrogen (secondary N) is 1. The summed E-state index contributed by atoms with van der Waals surface area (Å²) >= 11 is 0. The summed E-state index contributed by atoms with van der Waals surface area (Å²) in [6.45, 7) is 0.638. The van der Waals surface area contributed by atoms with E-state index in [4.69, 9.17) is 13.9 Å². The molecule has 3 aliphatic carbocycles. The normalized spacial score (nSPS) is 20.5. The number of aliphatic carboxylic acids is 1. The summed E-state index contributed by atoms with van der Waals surface area (Å²) in [4.78, 5) is 58.9. The molecule has 8 rings (SSSR count). The van der Waals surface area contributed by atoms with Crippen molar-refractivity contribution >= 4 is 17.8 Å². The molecule has 0 radical (unpaired) electrons. The minimum atomic E-state index is -1.06. The summed E-state index contributed by atoms with van der Waals surface area (Å²) in [5.74, 6) is -2.31. The van der Waals surface area contributed by atoms with E-state index in [9.17, 15) is 14.7 Å². The van der Waals surface area contributed by atoms with Gasteiger partial charge in [-0.2, -0.15) is 0 Å². The fourth-order valence-corrected chi connectivity index (χ4v) is 9.46. The van der Waals surface area contributed by atoms with Crippen molar-refractivity contribution in [2.24, 2.45) is 23.7 Å². The van der Waals surface area contributed by atoms with Gasteiger partial charge in [0.15, 0.2) is 0 Å². The van der Waals surface area contributed by atoms with Gasteiger partial charge in [-0.25, -0.2) is 9.89 Å². The van der Waals surface area contributed by atoms with Gasteiger partial charge < -0.3 is 28.8 Å². The Hall–Kier alpha value is -6.17. The first-order valence-electron chi connectivity index (χ1n) is 20.8. The lowest BCUT2D eigenvalue weighted by molar-refractivity contribution is -0.173. The number of rotatable bonds is 16. The van der Waals surface area contributed by atoms with Gasteiger partial charge in [0.05, 0.1) is 11.8 Å². The zero-order chi connectivity index (χ0) is 40.7. The fourth-order valence-electron chi connectivity index (χ4n) is 9.46. The van der Waals surface area contributed by atoms with E-state index in [0.29, 0.717) is 24.6 Å². The largest absolute Gasteiger partial charge is 0.481 e. The lowest BCUT2D eigenvalue weighted by Crippen LogP contribution is -2.62. The van der Waals surface area contributed by atoms with Crippen LogP contribution in [0, 0.1) is 23.7 Å². The molecule has 2 N–H and O–H groups in total. The number of amides is 2. The lowest BCUT2D eigenvalue weighted by atomic mass is 9.53. The highest BCUT2D eigenvalue weighted by atomic mass is 16.5. The Morgan fingerprint density at radius 3 is 1.46 bits per heavy atom. The number of aromatic amines is 1. The molecule has 4 aromatic carbocycles. The molecule has 3 fully saturated rings.